The predicted octanol–water partition coefficient (Wildman–Crippen LogP) is 5.85. The second-order valence-electron chi connectivity index (χ2n) is 6.66. The van der Waals surface area contributed by atoms with Gasteiger partial charge in [-0.05, 0) is 76.7 Å². The number of furan rings is 1. The largest absolute Gasteiger partial charge is 0.475 e. The molecule has 0 radical (unpaired) electrons. The van der Waals surface area contributed by atoms with Crippen molar-refractivity contribution in [1.29, 1.82) is 0 Å². The van der Waals surface area contributed by atoms with Gasteiger partial charge in [0.2, 0.25) is 5.76 Å². The third-order valence-corrected chi connectivity index (χ3v) is 5.80. The number of rotatable bonds is 4. The standard InChI is InChI=1S/C19H21BrO4/c1-4-19(3)9-5-6-12-10-11(2)17(16(20)15(12)19)24-14-8-7-13(23-14)18(21)22/h7-8,10H,4-6,9H2,1-3H3,(H,21,22). The predicted molar refractivity (Wildman–Crippen MR) is 95.2 cm³/mol. The van der Waals surface area contributed by atoms with Crippen molar-refractivity contribution in [2.24, 2.45) is 0 Å². The highest BCUT2D eigenvalue weighted by Gasteiger charge is 2.34. The highest BCUT2D eigenvalue weighted by molar-refractivity contribution is 9.10. The molecule has 24 heavy (non-hydrogen) atoms. The van der Waals surface area contributed by atoms with E-state index in [0.29, 0.717) is 5.75 Å². The van der Waals surface area contributed by atoms with Crippen molar-refractivity contribution in [3.8, 4) is 11.7 Å². The first-order valence-corrected chi connectivity index (χ1v) is 8.98. The number of halogens is 1. The molecule has 1 N–H and O–H groups in total. The lowest BCUT2D eigenvalue weighted by molar-refractivity contribution is 0.0657. The minimum Gasteiger partial charge on any atom is -0.475 e. The van der Waals surface area contributed by atoms with Gasteiger partial charge in [0, 0.05) is 6.07 Å². The molecule has 0 aliphatic heterocycles. The fraction of sp³-hybridized carbons (Fsp3) is 0.421. The van der Waals surface area contributed by atoms with Crippen LogP contribution in [0.15, 0.2) is 27.1 Å². The highest BCUT2D eigenvalue weighted by Crippen LogP contribution is 2.48. The Morgan fingerprint density at radius 3 is 2.83 bits per heavy atom. The number of hydrogen-bond acceptors (Lipinski definition) is 3. The van der Waals surface area contributed by atoms with E-state index >= 15 is 0 Å². The van der Waals surface area contributed by atoms with Crippen molar-refractivity contribution in [3.05, 3.63) is 45.1 Å². The van der Waals surface area contributed by atoms with Gasteiger partial charge in [-0.25, -0.2) is 4.79 Å². The molecule has 4 nitrogen and oxygen atoms in total. The van der Waals surface area contributed by atoms with Crippen LogP contribution < -0.4 is 4.74 Å². The fourth-order valence-electron chi connectivity index (χ4n) is 3.54. The number of aromatic carboxylic acids is 1. The number of carbonyl (C=O) groups is 1. The third kappa shape index (κ3) is 2.86. The molecule has 1 aliphatic rings. The van der Waals surface area contributed by atoms with Gasteiger partial charge in [0.05, 0.1) is 4.47 Å². The van der Waals surface area contributed by atoms with Crippen LogP contribution in [0.2, 0.25) is 0 Å². The Hall–Kier alpha value is -1.75. The van der Waals surface area contributed by atoms with Gasteiger partial charge in [-0.1, -0.05) is 19.9 Å². The molecule has 1 unspecified atom stereocenters. The lowest BCUT2D eigenvalue weighted by Gasteiger charge is -2.37. The molecular formula is C19H21BrO4. The Kier molecular flexibility index (Phi) is 4.47. The maximum atomic E-state index is 11.0. The van der Waals surface area contributed by atoms with Gasteiger partial charge >= 0.3 is 5.97 Å². The average molecular weight is 393 g/mol. The number of hydrogen-bond donors (Lipinski definition) is 1. The summed E-state index contributed by atoms with van der Waals surface area (Å²) in [4.78, 5) is 11.0. The second kappa shape index (κ2) is 6.28. The van der Waals surface area contributed by atoms with Crippen LogP contribution in [0.25, 0.3) is 0 Å². The SMILES string of the molecule is CCC1(C)CCCc2cc(C)c(Oc3ccc(C(=O)O)o3)c(Br)c21. The monoisotopic (exact) mass is 392 g/mol. The molecule has 0 spiro atoms. The van der Waals surface area contributed by atoms with E-state index in [4.69, 9.17) is 14.3 Å². The van der Waals surface area contributed by atoms with Crippen LogP contribution in [0.1, 0.15) is 60.4 Å². The lowest BCUT2D eigenvalue weighted by Crippen LogP contribution is -2.27. The van der Waals surface area contributed by atoms with Crippen molar-refractivity contribution in [3.63, 3.8) is 0 Å². The van der Waals surface area contributed by atoms with Crippen molar-refractivity contribution in [2.45, 2.75) is 51.9 Å². The van der Waals surface area contributed by atoms with Gasteiger partial charge in [-0.2, -0.15) is 0 Å². The highest BCUT2D eigenvalue weighted by atomic mass is 79.9. The summed E-state index contributed by atoms with van der Waals surface area (Å²) in [5, 5.41) is 8.97. The molecule has 0 bridgehead atoms. The number of aryl methyl sites for hydroxylation is 2. The first kappa shape index (κ1) is 17.1. The number of ether oxygens (including phenoxy) is 1. The first-order valence-electron chi connectivity index (χ1n) is 8.19. The molecule has 1 aliphatic carbocycles. The molecule has 0 saturated heterocycles. The molecule has 0 saturated carbocycles. The normalized spacial score (nSPS) is 19.8. The number of benzene rings is 1. The zero-order valence-electron chi connectivity index (χ0n) is 14.1. The summed E-state index contributed by atoms with van der Waals surface area (Å²) in [5.74, 6) is -0.355. The number of carboxylic acid groups (broad SMARTS) is 1. The molecule has 3 rings (SSSR count). The first-order chi connectivity index (χ1) is 11.4. The summed E-state index contributed by atoms with van der Waals surface area (Å²) in [5.41, 5.74) is 3.80. The molecule has 0 amide bonds. The minimum atomic E-state index is -1.11. The van der Waals surface area contributed by atoms with Crippen molar-refractivity contribution in [2.75, 3.05) is 0 Å². The van der Waals surface area contributed by atoms with E-state index in [2.05, 4.69) is 35.8 Å². The van der Waals surface area contributed by atoms with Crippen molar-refractivity contribution in [1.82, 2.24) is 0 Å². The molecule has 128 valence electrons. The second-order valence-corrected chi connectivity index (χ2v) is 7.46. The van der Waals surface area contributed by atoms with E-state index in [-0.39, 0.29) is 17.1 Å². The average Bonchev–Trinajstić information content (AvgIpc) is 3.00. The summed E-state index contributed by atoms with van der Waals surface area (Å²) in [6.45, 7) is 6.51. The van der Waals surface area contributed by atoms with E-state index in [1.165, 1.54) is 29.7 Å². The Morgan fingerprint density at radius 1 is 1.46 bits per heavy atom. The zero-order valence-corrected chi connectivity index (χ0v) is 15.7. The fourth-order valence-corrected chi connectivity index (χ4v) is 4.67. The van der Waals surface area contributed by atoms with E-state index < -0.39 is 5.97 Å². The Labute approximate surface area is 149 Å². The molecule has 5 heteroatoms. The molecule has 2 aromatic rings. The zero-order chi connectivity index (χ0) is 17.5. The Bertz CT molecular complexity index is 793. The summed E-state index contributed by atoms with van der Waals surface area (Å²) >= 11 is 3.74. The number of fused-ring (bicyclic) bond motifs is 1. The summed E-state index contributed by atoms with van der Waals surface area (Å²) < 4.78 is 12.1. The van der Waals surface area contributed by atoms with Crippen molar-refractivity contribution < 1.29 is 19.1 Å². The Morgan fingerprint density at radius 2 is 2.21 bits per heavy atom. The van der Waals surface area contributed by atoms with E-state index in [1.807, 2.05) is 6.92 Å². The van der Waals surface area contributed by atoms with Gasteiger partial charge in [0.25, 0.3) is 5.95 Å². The lowest BCUT2D eigenvalue weighted by atomic mass is 9.69. The van der Waals surface area contributed by atoms with Crippen molar-refractivity contribution >= 4 is 21.9 Å². The summed E-state index contributed by atoms with van der Waals surface area (Å²) in [6.07, 6.45) is 4.49. The van der Waals surface area contributed by atoms with Gasteiger partial charge in [-0.3, -0.25) is 0 Å². The molecule has 1 aromatic heterocycles. The van der Waals surface area contributed by atoms with E-state index in [9.17, 15) is 4.79 Å². The maximum Gasteiger partial charge on any atom is 0.371 e. The van der Waals surface area contributed by atoms with Crippen LogP contribution in [0.4, 0.5) is 0 Å². The number of carboxylic acids is 1. The Balaban J connectivity index is 2.05. The van der Waals surface area contributed by atoms with Crippen LogP contribution in [-0.2, 0) is 11.8 Å². The van der Waals surface area contributed by atoms with Crippen LogP contribution in [0.3, 0.4) is 0 Å². The molecular weight excluding hydrogens is 372 g/mol. The van der Waals surface area contributed by atoms with Gasteiger partial charge in [-0.15, -0.1) is 0 Å². The molecule has 1 atom stereocenters. The van der Waals surface area contributed by atoms with Gasteiger partial charge in [0.15, 0.2) is 0 Å². The summed E-state index contributed by atoms with van der Waals surface area (Å²) in [7, 11) is 0. The van der Waals surface area contributed by atoms with E-state index in [0.717, 1.165) is 29.3 Å². The van der Waals surface area contributed by atoms with Crippen LogP contribution in [0, 0.1) is 6.92 Å². The third-order valence-electron chi connectivity index (χ3n) is 5.04. The van der Waals surface area contributed by atoms with Crippen LogP contribution >= 0.6 is 15.9 Å². The summed E-state index contributed by atoms with van der Waals surface area (Å²) in [6, 6.07) is 5.12. The minimum absolute atomic E-state index is 0.119. The van der Waals surface area contributed by atoms with Gasteiger partial charge < -0.3 is 14.3 Å². The van der Waals surface area contributed by atoms with E-state index in [1.54, 1.807) is 0 Å². The maximum absolute atomic E-state index is 11.0. The van der Waals surface area contributed by atoms with Crippen LogP contribution in [-0.4, -0.2) is 11.1 Å². The molecule has 0 fully saturated rings. The molecule has 1 aromatic carbocycles. The molecule has 1 heterocycles. The topological polar surface area (TPSA) is 59.7 Å². The quantitative estimate of drug-likeness (QED) is 0.709. The smallest absolute Gasteiger partial charge is 0.371 e. The van der Waals surface area contributed by atoms with Gasteiger partial charge in [0.1, 0.15) is 5.75 Å². The van der Waals surface area contributed by atoms with Crippen LogP contribution in [0.5, 0.6) is 11.7 Å².